The Labute approximate surface area is 179 Å². The number of benzene rings is 2. The molecule has 0 spiro atoms. The van der Waals surface area contributed by atoms with Crippen molar-refractivity contribution in [2.45, 2.75) is 33.0 Å². The first-order valence-electron chi connectivity index (χ1n) is 10.4. The summed E-state index contributed by atoms with van der Waals surface area (Å²) in [4.78, 5) is 37.0. The SMILES string of the molecule is CCONC(=O)c1ccc(C)c(-n2cnc3ccc(CN4CC[C@H](F)C4)cc3c2=O)c1. The Kier molecular flexibility index (Phi) is 6.11. The molecule has 1 amide bonds. The predicted octanol–water partition coefficient (Wildman–Crippen LogP) is 2.92. The van der Waals surface area contributed by atoms with Crippen LogP contribution in [0.2, 0.25) is 0 Å². The van der Waals surface area contributed by atoms with Gasteiger partial charge in [0.05, 0.1) is 23.2 Å². The molecule has 0 bridgehead atoms. The fraction of sp³-hybridized carbons (Fsp3) is 0.348. The first kappa shape index (κ1) is 21.1. The molecule has 162 valence electrons. The number of halogens is 1. The number of amides is 1. The van der Waals surface area contributed by atoms with Crippen LogP contribution in [0.1, 0.15) is 34.8 Å². The number of fused-ring (bicyclic) bond motifs is 1. The van der Waals surface area contributed by atoms with E-state index in [9.17, 15) is 14.0 Å². The van der Waals surface area contributed by atoms with Crippen LogP contribution in [0.15, 0.2) is 47.5 Å². The topological polar surface area (TPSA) is 76.5 Å². The number of nitrogens with one attached hydrogen (secondary N) is 1. The van der Waals surface area contributed by atoms with E-state index in [2.05, 4.69) is 10.5 Å². The van der Waals surface area contributed by atoms with Gasteiger partial charge in [0.2, 0.25) is 0 Å². The molecular formula is C23H25FN4O3. The molecule has 2 aromatic carbocycles. The Morgan fingerprint density at radius 2 is 2.13 bits per heavy atom. The minimum Gasteiger partial charge on any atom is -0.296 e. The molecule has 0 saturated carbocycles. The number of likely N-dealkylation sites (tertiary alicyclic amines) is 1. The molecule has 3 aromatic rings. The Bertz CT molecular complexity index is 1180. The van der Waals surface area contributed by atoms with Crippen LogP contribution in [0, 0.1) is 6.92 Å². The van der Waals surface area contributed by atoms with Crippen LogP contribution in [0.3, 0.4) is 0 Å². The lowest BCUT2D eigenvalue weighted by atomic mass is 10.1. The lowest BCUT2D eigenvalue weighted by Crippen LogP contribution is -2.25. The van der Waals surface area contributed by atoms with Gasteiger partial charge in [-0.2, -0.15) is 0 Å². The maximum atomic E-state index is 13.5. The van der Waals surface area contributed by atoms with Gasteiger partial charge in [0.25, 0.3) is 11.5 Å². The minimum atomic E-state index is -0.783. The van der Waals surface area contributed by atoms with Gasteiger partial charge >= 0.3 is 0 Å². The molecule has 4 rings (SSSR count). The van der Waals surface area contributed by atoms with Gasteiger partial charge < -0.3 is 0 Å². The number of hydrogen-bond donors (Lipinski definition) is 1. The highest BCUT2D eigenvalue weighted by atomic mass is 19.1. The quantitative estimate of drug-likeness (QED) is 0.616. The lowest BCUT2D eigenvalue weighted by molar-refractivity contribution is 0.0364. The molecule has 1 aromatic heterocycles. The normalized spacial score (nSPS) is 16.7. The number of carbonyl (C=O) groups is 1. The molecule has 8 heteroatoms. The summed E-state index contributed by atoms with van der Waals surface area (Å²) in [5.41, 5.74) is 5.47. The molecule has 1 aliphatic heterocycles. The molecule has 1 fully saturated rings. The van der Waals surface area contributed by atoms with E-state index >= 15 is 0 Å². The third-order valence-electron chi connectivity index (χ3n) is 5.48. The van der Waals surface area contributed by atoms with Crippen molar-refractivity contribution >= 4 is 16.8 Å². The maximum absolute atomic E-state index is 13.5. The number of hydrogen-bond acceptors (Lipinski definition) is 5. The van der Waals surface area contributed by atoms with Crippen LogP contribution in [0.4, 0.5) is 4.39 Å². The number of nitrogens with zero attached hydrogens (tertiary/aromatic N) is 3. The highest BCUT2D eigenvalue weighted by Crippen LogP contribution is 2.19. The average Bonchev–Trinajstić information content (AvgIpc) is 3.18. The van der Waals surface area contributed by atoms with Gasteiger partial charge in [0.1, 0.15) is 12.5 Å². The van der Waals surface area contributed by atoms with Gasteiger partial charge in [0, 0.05) is 25.2 Å². The van der Waals surface area contributed by atoms with Crippen molar-refractivity contribution in [3.05, 3.63) is 69.8 Å². The molecule has 7 nitrogen and oxygen atoms in total. The highest BCUT2D eigenvalue weighted by molar-refractivity contribution is 5.94. The van der Waals surface area contributed by atoms with Crippen molar-refractivity contribution in [3.63, 3.8) is 0 Å². The highest BCUT2D eigenvalue weighted by Gasteiger charge is 2.21. The Balaban J connectivity index is 1.70. The van der Waals surface area contributed by atoms with E-state index in [1.54, 1.807) is 25.1 Å². The third-order valence-corrected chi connectivity index (χ3v) is 5.48. The molecule has 1 atom stereocenters. The average molecular weight is 424 g/mol. The molecule has 2 heterocycles. The van der Waals surface area contributed by atoms with Gasteiger partial charge in [-0.1, -0.05) is 12.1 Å². The molecule has 1 aliphatic rings. The van der Waals surface area contributed by atoms with E-state index in [0.717, 1.165) is 11.1 Å². The minimum absolute atomic E-state index is 0.220. The van der Waals surface area contributed by atoms with Crippen molar-refractivity contribution in [1.29, 1.82) is 0 Å². The fourth-order valence-electron chi connectivity index (χ4n) is 3.83. The van der Waals surface area contributed by atoms with E-state index in [1.807, 2.05) is 30.0 Å². The summed E-state index contributed by atoms with van der Waals surface area (Å²) < 4.78 is 14.9. The summed E-state index contributed by atoms with van der Waals surface area (Å²) in [6.07, 6.45) is 1.24. The van der Waals surface area contributed by atoms with E-state index in [1.165, 1.54) is 10.9 Å². The van der Waals surface area contributed by atoms with Gasteiger partial charge in [-0.05, 0) is 55.7 Å². The molecular weight excluding hydrogens is 399 g/mol. The van der Waals surface area contributed by atoms with Crippen molar-refractivity contribution in [2.75, 3.05) is 19.7 Å². The van der Waals surface area contributed by atoms with Crippen molar-refractivity contribution < 1.29 is 14.0 Å². The lowest BCUT2D eigenvalue weighted by Gasteiger charge is -2.15. The number of carbonyl (C=O) groups excluding carboxylic acids is 1. The predicted molar refractivity (Wildman–Crippen MR) is 116 cm³/mol. The summed E-state index contributed by atoms with van der Waals surface area (Å²) in [5, 5.41) is 0.486. The van der Waals surface area contributed by atoms with E-state index in [4.69, 9.17) is 4.84 Å². The second kappa shape index (κ2) is 8.95. The second-order valence-electron chi connectivity index (χ2n) is 7.76. The summed E-state index contributed by atoms with van der Waals surface area (Å²) >= 11 is 0. The molecule has 1 saturated heterocycles. The number of alkyl halides is 1. The number of aromatic nitrogens is 2. The van der Waals surface area contributed by atoms with Crippen molar-refractivity contribution in [2.24, 2.45) is 0 Å². The summed E-state index contributed by atoms with van der Waals surface area (Å²) in [6, 6.07) is 10.7. The zero-order chi connectivity index (χ0) is 22.0. The Morgan fingerprint density at radius 3 is 2.87 bits per heavy atom. The smallest absolute Gasteiger partial charge is 0.274 e. The Morgan fingerprint density at radius 1 is 1.29 bits per heavy atom. The first-order valence-corrected chi connectivity index (χ1v) is 10.4. The van der Waals surface area contributed by atoms with Gasteiger partial charge in [-0.15, -0.1) is 0 Å². The second-order valence-corrected chi connectivity index (χ2v) is 7.76. The van der Waals surface area contributed by atoms with Crippen LogP contribution in [-0.2, 0) is 11.4 Å². The van der Waals surface area contributed by atoms with Gasteiger partial charge in [0.15, 0.2) is 0 Å². The van der Waals surface area contributed by atoms with Crippen LogP contribution in [0.25, 0.3) is 16.6 Å². The van der Waals surface area contributed by atoms with Crippen LogP contribution in [0.5, 0.6) is 0 Å². The van der Waals surface area contributed by atoms with E-state index in [-0.39, 0.29) is 11.5 Å². The third kappa shape index (κ3) is 4.50. The number of hydroxylamine groups is 1. The number of rotatable bonds is 6. The fourth-order valence-corrected chi connectivity index (χ4v) is 3.83. The summed E-state index contributed by atoms with van der Waals surface area (Å²) in [6.45, 7) is 5.72. The van der Waals surface area contributed by atoms with Crippen molar-refractivity contribution in [1.82, 2.24) is 19.9 Å². The van der Waals surface area contributed by atoms with Crippen molar-refractivity contribution in [3.8, 4) is 5.69 Å². The van der Waals surface area contributed by atoms with E-state index < -0.39 is 6.17 Å². The van der Waals surface area contributed by atoms with E-state index in [0.29, 0.717) is 54.8 Å². The Hall–Kier alpha value is -3.10. The molecule has 31 heavy (non-hydrogen) atoms. The largest absolute Gasteiger partial charge is 0.296 e. The van der Waals surface area contributed by atoms with Crippen LogP contribution < -0.4 is 11.0 Å². The summed E-state index contributed by atoms with van der Waals surface area (Å²) in [5.74, 6) is -0.385. The summed E-state index contributed by atoms with van der Waals surface area (Å²) in [7, 11) is 0. The standard InChI is InChI=1S/C23H25FN4O3/c1-3-31-26-22(29)17-6-4-15(2)21(11-17)28-14-25-20-7-5-16(10-19(20)23(28)30)12-27-9-8-18(24)13-27/h4-7,10-11,14,18H,3,8-9,12-13H2,1-2H3,(H,26,29)/t18-/m0/s1. The zero-order valence-corrected chi connectivity index (χ0v) is 17.6. The molecule has 0 radical (unpaired) electrons. The van der Waals surface area contributed by atoms with Crippen LogP contribution >= 0.6 is 0 Å². The van der Waals surface area contributed by atoms with Gasteiger partial charge in [-0.25, -0.2) is 14.9 Å². The molecule has 0 aliphatic carbocycles. The molecule has 0 unspecified atom stereocenters. The zero-order valence-electron chi connectivity index (χ0n) is 17.6. The molecule has 1 N–H and O–H groups in total. The van der Waals surface area contributed by atoms with Crippen LogP contribution in [-0.4, -0.2) is 46.2 Å². The maximum Gasteiger partial charge on any atom is 0.274 e. The first-order chi connectivity index (χ1) is 15.0. The monoisotopic (exact) mass is 424 g/mol. The number of aryl methyl sites for hydroxylation is 1. The van der Waals surface area contributed by atoms with Gasteiger partial charge in [-0.3, -0.25) is 23.9 Å².